The Labute approximate surface area is 67.4 Å². The summed E-state index contributed by atoms with van der Waals surface area (Å²) in [5, 5.41) is 8.81. The van der Waals surface area contributed by atoms with Crippen molar-refractivity contribution < 1.29 is 0 Å². The second kappa shape index (κ2) is 2.44. The summed E-state index contributed by atoms with van der Waals surface area (Å²) < 4.78 is 1.88. The average Bonchev–Trinajstić information content (AvgIpc) is 1.79. The number of rotatable bonds is 1. The van der Waals surface area contributed by atoms with Crippen LogP contribution in [0.5, 0.6) is 0 Å². The second-order valence-electron chi connectivity index (χ2n) is 3.25. The van der Waals surface area contributed by atoms with Crippen molar-refractivity contribution in [1.82, 2.24) is 4.31 Å². The molecule has 1 rings (SSSR count). The van der Waals surface area contributed by atoms with Gasteiger partial charge in [-0.05, 0) is 5.92 Å². The number of nitrogens with zero attached hydrogens (tertiary/aromatic N) is 2. The van der Waals surface area contributed by atoms with Crippen LogP contribution in [0.3, 0.4) is 0 Å². The molecule has 0 saturated carbocycles. The molecule has 0 radical (unpaired) electrons. The zero-order chi connectivity index (χ0) is 7.78. The van der Waals surface area contributed by atoms with E-state index in [9.17, 15) is 0 Å². The standard InChI is InChI=1S/C7H12N2S/c1-6(2)7(3-8)4-9(10)5-7/h6,10H,4-5H2,1-2H3. The highest BCUT2D eigenvalue weighted by atomic mass is 32.1. The van der Waals surface area contributed by atoms with E-state index in [1.807, 2.05) is 4.31 Å². The summed E-state index contributed by atoms with van der Waals surface area (Å²) >= 11 is 4.13. The van der Waals surface area contributed by atoms with Crippen molar-refractivity contribution in [3.05, 3.63) is 0 Å². The minimum Gasteiger partial charge on any atom is -0.250 e. The van der Waals surface area contributed by atoms with E-state index in [1.54, 1.807) is 0 Å². The molecule has 10 heavy (non-hydrogen) atoms. The fourth-order valence-corrected chi connectivity index (χ4v) is 1.67. The molecule has 0 spiro atoms. The topological polar surface area (TPSA) is 27.0 Å². The molecule has 56 valence electrons. The van der Waals surface area contributed by atoms with Crippen molar-refractivity contribution >= 4 is 12.8 Å². The lowest BCUT2D eigenvalue weighted by Gasteiger charge is -2.45. The van der Waals surface area contributed by atoms with Crippen molar-refractivity contribution in [2.75, 3.05) is 13.1 Å². The maximum atomic E-state index is 8.81. The first-order valence-electron chi connectivity index (χ1n) is 3.46. The lowest BCUT2D eigenvalue weighted by Crippen LogP contribution is -2.53. The Balaban J connectivity index is 2.59. The molecule has 0 aromatic carbocycles. The molecule has 1 fully saturated rings. The second-order valence-corrected chi connectivity index (χ2v) is 3.81. The van der Waals surface area contributed by atoms with Crippen LogP contribution < -0.4 is 0 Å². The molecular weight excluding hydrogens is 144 g/mol. The first-order valence-corrected chi connectivity index (χ1v) is 3.86. The molecule has 0 aliphatic carbocycles. The fraction of sp³-hybridized carbons (Fsp3) is 0.857. The van der Waals surface area contributed by atoms with Gasteiger partial charge in [0.1, 0.15) is 0 Å². The summed E-state index contributed by atoms with van der Waals surface area (Å²) in [6, 6.07) is 2.35. The van der Waals surface area contributed by atoms with Gasteiger partial charge >= 0.3 is 0 Å². The molecule has 0 atom stereocenters. The van der Waals surface area contributed by atoms with Gasteiger partial charge in [-0.1, -0.05) is 26.7 Å². The molecule has 0 unspecified atom stereocenters. The van der Waals surface area contributed by atoms with Crippen LogP contribution in [0, 0.1) is 22.7 Å². The maximum absolute atomic E-state index is 8.81. The first kappa shape index (κ1) is 7.90. The van der Waals surface area contributed by atoms with E-state index in [2.05, 4.69) is 32.7 Å². The van der Waals surface area contributed by atoms with E-state index in [1.165, 1.54) is 0 Å². The van der Waals surface area contributed by atoms with Gasteiger partial charge in [0, 0.05) is 13.1 Å². The zero-order valence-electron chi connectivity index (χ0n) is 6.33. The van der Waals surface area contributed by atoms with E-state index >= 15 is 0 Å². The van der Waals surface area contributed by atoms with E-state index in [0.29, 0.717) is 5.92 Å². The molecule has 1 aliphatic heterocycles. The van der Waals surface area contributed by atoms with Crippen LogP contribution in [0.1, 0.15) is 13.8 Å². The Morgan fingerprint density at radius 3 is 2.20 bits per heavy atom. The van der Waals surface area contributed by atoms with Crippen molar-refractivity contribution in [2.24, 2.45) is 11.3 Å². The molecule has 0 bridgehead atoms. The van der Waals surface area contributed by atoms with Gasteiger partial charge in [0.05, 0.1) is 11.5 Å². The first-order chi connectivity index (χ1) is 4.60. The number of hydrogen-bond acceptors (Lipinski definition) is 3. The van der Waals surface area contributed by atoms with Crippen LogP contribution in [0.15, 0.2) is 0 Å². The van der Waals surface area contributed by atoms with E-state index < -0.39 is 0 Å². The molecule has 0 amide bonds. The molecule has 0 aromatic heterocycles. The Hall–Kier alpha value is -0.200. The SMILES string of the molecule is CC(C)C1(C#N)CN(S)C1. The summed E-state index contributed by atoms with van der Waals surface area (Å²) in [6.07, 6.45) is 0. The summed E-state index contributed by atoms with van der Waals surface area (Å²) in [4.78, 5) is 0. The van der Waals surface area contributed by atoms with Gasteiger partial charge in [0.15, 0.2) is 0 Å². The zero-order valence-corrected chi connectivity index (χ0v) is 7.23. The predicted molar refractivity (Wildman–Crippen MR) is 43.4 cm³/mol. The predicted octanol–water partition coefficient (Wildman–Crippen LogP) is 1.31. The minimum absolute atomic E-state index is 0.109. The summed E-state index contributed by atoms with van der Waals surface area (Å²) in [5.74, 6) is 0.445. The lowest BCUT2D eigenvalue weighted by molar-refractivity contribution is 0.0916. The van der Waals surface area contributed by atoms with Crippen LogP contribution in [0.4, 0.5) is 0 Å². The lowest BCUT2D eigenvalue weighted by atomic mass is 9.73. The minimum atomic E-state index is -0.109. The Morgan fingerprint density at radius 1 is 1.60 bits per heavy atom. The van der Waals surface area contributed by atoms with Crippen LogP contribution in [0.25, 0.3) is 0 Å². The van der Waals surface area contributed by atoms with Gasteiger partial charge < -0.3 is 0 Å². The molecule has 1 aliphatic rings. The third-order valence-corrected chi connectivity index (χ3v) is 2.54. The quantitative estimate of drug-likeness (QED) is 0.580. The number of hydrogen-bond donors (Lipinski definition) is 1. The fourth-order valence-electron chi connectivity index (χ4n) is 1.17. The van der Waals surface area contributed by atoms with Gasteiger partial charge in [-0.3, -0.25) is 0 Å². The third kappa shape index (κ3) is 1.02. The largest absolute Gasteiger partial charge is 0.250 e. The third-order valence-electron chi connectivity index (χ3n) is 2.26. The van der Waals surface area contributed by atoms with Crippen molar-refractivity contribution in [3.8, 4) is 6.07 Å². The van der Waals surface area contributed by atoms with Gasteiger partial charge in [-0.15, -0.1) is 0 Å². The summed E-state index contributed by atoms with van der Waals surface area (Å²) in [5.41, 5.74) is -0.109. The van der Waals surface area contributed by atoms with Crippen molar-refractivity contribution in [1.29, 1.82) is 5.26 Å². The summed E-state index contributed by atoms with van der Waals surface area (Å²) in [6.45, 7) is 5.79. The maximum Gasteiger partial charge on any atom is 0.0868 e. The molecule has 3 heteroatoms. The van der Waals surface area contributed by atoms with Gasteiger partial charge in [-0.2, -0.15) is 5.26 Å². The monoisotopic (exact) mass is 156 g/mol. The smallest absolute Gasteiger partial charge is 0.0868 e. The molecule has 1 heterocycles. The van der Waals surface area contributed by atoms with Crippen molar-refractivity contribution in [3.63, 3.8) is 0 Å². The molecular formula is C7H12N2S. The summed E-state index contributed by atoms with van der Waals surface area (Å²) in [7, 11) is 0. The molecule has 0 N–H and O–H groups in total. The van der Waals surface area contributed by atoms with Crippen LogP contribution >= 0.6 is 12.8 Å². The van der Waals surface area contributed by atoms with Gasteiger partial charge in [-0.25, -0.2) is 4.31 Å². The van der Waals surface area contributed by atoms with E-state index in [4.69, 9.17) is 5.26 Å². The molecule has 2 nitrogen and oxygen atoms in total. The van der Waals surface area contributed by atoms with Crippen LogP contribution in [-0.4, -0.2) is 17.4 Å². The average molecular weight is 156 g/mol. The Morgan fingerprint density at radius 2 is 2.10 bits per heavy atom. The molecule has 1 saturated heterocycles. The van der Waals surface area contributed by atoms with E-state index in [0.717, 1.165) is 13.1 Å². The van der Waals surface area contributed by atoms with Gasteiger partial charge in [0.2, 0.25) is 0 Å². The highest BCUT2D eigenvalue weighted by Gasteiger charge is 2.44. The number of thiol groups is 1. The van der Waals surface area contributed by atoms with E-state index in [-0.39, 0.29) is 5.41 Å². The molecule has 0 aromatic rings. The highest BCUT2D eigenvalue weighted by molar-refractivity contribution is 7.77. The Kier molecular flexibility index (Phi) is 1.93. The highest BCUT2D eigenvalue weighted by Crippen LogP contribution is 2.37. The van der Waals surface area contributed by atoms with Crippen molar-refractivity contribution in [2.45, 2.75) is 13.8 Å². The van der Waals surface area contributed by atoms with Crippen LogP contribution in [0.2, 0.25) is 0 Å². The number of nitriles is 1. The van der Waals surface area contributed by atoms with Gasteiger partial charge in [0.25, 0.3) is 0 Å². The normalized spacial score (nSPS) is 23.9. The van der Waals surface area contributed by atoms with Crippen LogP contribution in [-0.2, 0) is 0 Å². The Bertz CT molecular complexity index is 165.